The maximum Gasteiger partial charge on any atom is 0.0591 e. The maximum atomic E-state index is 10.5. The number of hydrogen-bond acceptors (Lipinski definition) is 0. The smallest absolute Gasteiger partial charge is 0.0591 e. The second kappa shape index (κ2) is 4.00. The van der Waals surface area contributed by atoms with Gasteiger partial charge in [-0.25, -0.2) is 0 Å². The SMILES string of the molecule is CC(C)(C)C1([N])CCCCCCC1. The van der Waals surface area contributed by atoms with Gasteiger partial charge in [-0.05, 0) is 18.3 Å². The molecule has 0 aliphatic heterocycles. The molecular weight excluding hydrogens is 158 g/mol. The molecule has 1 fully saturated rings. The van der Waals surface area contributed by atoms with E-state index >= 15 is 0 Å². The summed E-state index contributed by atoms with van der Waals surface area (Å²) in [4.78, 5) is 0. The van der Waals surface area contributed by atoms with Crippen molar-refractivity contribution >= 4 is 0 Å². The molecule has 2 radical (unpaired) electrons. The molecule has 1 nitrogen and oxygen atoms in total. The lowest BCUT2D eigenvalue weighted by Crippen LogP contribution is -2.44. The van der Waals surface area contributed by atoms with Gasteiger partial charge in [0, 0.05) is 0 Å². The van der Waals surface area contributed by atoms with Crippen molar-refractivity contribution in [3.63, 3.8) is 0 Å². The Morgan fingerprint density at radius 2 is 1.23 bits per heavy atom. The predicted octanol–water partition coefficient (Wildman–Crippen LogP) is 3.58. The molecule has 1 saturated carbocycles. The molecule has 0 aromatic rings. The average Bonchev–Trinajstić information content (AvgIpc) is 1.94. The Balaban J connectivity index is 2.62. The molecule has 0 N–H and O–H groups in total. The summed E-state index contributed by atoms with van der Waals surface area (Å²) < 4.78 is 0. The maximum absolute atomic E-state index is 10.5. The molecule has 13 heavy (non-hydrogen) atoms. The molecule has 0 unspecified atom stereocenters. The molecule has 0 bridgehead atoms. The van der Waals surface area contributed by atoms with Crippen molar-refractivity contribution in [1.82, 2.24) is 5.73 Å². The summed E-state index contributed by atoms with van der Waals surface area (Å²) in [5.41, 5.74) is 10.1. The summed E-state index contributed by atoms with van der Waals surface area (Å²) in [6, 6.07) is 0. The lowest BCUT2D eigenvalue weighted by atomic mass is 9.68. The molecule has 1 heteroatoms. The number of hydrogen-bond donors (Lipinski definition) is 0. The first-order valence-corrected chi connectivity index (χ1v) is 5.68. The van der Waals surface area contributed by atoms with Gasteiger partial charge in [0.2, 0.25) is 0 Å². The fourth-order valence-corrected chi connectivity index (χ4v) is 2.24. The quantitative estimate of drug-likeness (QED) is 0.545. The molecule has 1 aliphatic carbocycles. The van der Waals surface area contributed by atoms with Gasteiger partial charge in [0.1, 0.15) is 0 Å². The van der Waals surface area contributed by atoms with Crippen LogP contribution >= 0.6 is 0 Å². The highest BCUT2D eigenvalue weighted by molar-refractivity contribution is 4.94. The largest absolute Gasteiger partial charge is 0.137 e. The second-order valence-electron chi connectivity index (χ2n) is 5.55. The number of rotatable bonds is 0. The number of nitrogens with zero attached hydrogens (tertiary/aromatic N) is 1. The highest BCUT2D eigenvalue weighted by Gasteiger charge is 2.39. The summed E-state index contributed by atoms with van der Waals surface area (Å²) in [6.45, 7) is 6.48. The van der Waals surface area contributed by atoms with Crippen molar-refractivity contribution in [3.05, 3.63) is 0 Å². The van der Waals surface area contributed by atoms with Crippen LogP contribution in [0.4, 0.5) is 0 Å². The monoisotopic (exact) mass is 181 g/mol. The van der Waals surface area contributed by atoms with E-state index < -0.39 is 5.54 Å². The van der Waals surface area contributed by atoms with Gasteiger partial charge in [-0.15, -0.1) is 5.73 Å². The van der Waals surface area contributed by atoms with Crippen molar-refractivity contribution in [1.29, 1.82) is 0 Å². The van der Waals surface area contributed by atoms with Crippen LogP contribution in [0.15, 0.2) is 0 Å². The molecule has 0 atom stereocenters. The van der Waals surface area contributed by atoms with Crippen molar-refractivity contribution in [2.24, 2.45) is 5.41 Å². The Bertz CT molecular complexity index is 147. The molecule has 0 heterocycles. The lowest BCUT2D eigenvalue weighted by molar-refractivity contribution is 0.138. The fourth-order valence-electron chi connectivity index (χ4n) is 2.24. The zero-order chi connectivity index (χ0) is 9.95. The highest BCUT2D eigenvalue weighted by Crippen LogP contribution is 2.39. The first-order chi connectivity index (χ1) is 5.96. The van der Waals surface area contributed by atoms with E-state index in [1.54, 1.807) is 0 Å². The van der Waals surface area contributed by atoms with Crippen LogP contribution in [-0.4, -0.2) is 5.54 Å². The van der Waals surface area contributed by atoms with Crippen LogP contribution in [0.25, 0.3) is 0 Å². The molecule has 76 valence electrons. The van der Waals surface area contributed by atoms with E-state index in [0.29, 0.717) is 0 Å². The molecular formula is C12H23N. The van der Waals surface area contributed by atoms with Crippen LogP contribution in [0.3, 0.4) is 0 Å². The van der Waals surface area contributed by atoms with E-state index in [4.69, 9.17) is 0 Å². The van der Waals surface area contributed by atoms with Crippen LogP contribution < -0.4 is 5.73 Å². The van der Waals surface area contributed by atoms with E-state index in [9.17, 15) is 5.73 Å². The van der Waals surface area contributed by atoms with Crippen molar-refractivity contribution in [2.75, 3.05) is 0 Å². The normalized spacial score (nSPS) is 24.9. The standard InChI is InChI=1S/C12H23N/c1-11(2,3)12(13)9-7-5-4-6-8-10-12/h4-10H2,1-3H3. The van der Waals surface area contributed by atoms with E-state index in [-0.39, 0.29) is 5.41 Å². The van der Waals surface area contributed by atoms with Gasteiger partial charge in [0.25, 0.3) is 0 Å². The summed E-state index contributed by atoms with van der Waals surface area (Å²) in [5.74, 6) is 0. The topological polar surface area (TPSA) is 22.3 Å². The van der Waals surface area contributed by atoms with Gasteiger partial charge >= 0.3 is 0 Å². The summed E-state index contributed by atoms with van der Waals surface area (Å²) in [5, 5.41) is 0. The van der Waals surface area contributed by atoms with E-state index in [1.165, 1.54) is 32.1 Å². The average molecular weight is 181 g/mol. The lowest BCUT2D eigenvalue weighted by Gasteiger charge is -2.40. The van der Waals surface area contributed by atoms with Crippen LogP contribution in [0.5, 0.6) is 0 Å². The molecule has 1 aliphatic rings. The third-order valence-electron chi connectivity index (χ3n) is 3.58. The van der Waals surface area contributed by atoms with Gasteiger partial charge < -0.3 is 0 Å². The third kappa shape index (κ3) is 2.70. The Labute approximate surface area is 83.1 Å². The molecule has 1 rings (SSSR count). The minimum atomic E-state index is -0.409. The molecule has 0 aromatic heterocycles. The Hall–Kier alpha value is -0.0400. The Kier molecular flexibility index (Phi) is 3.39. The van der Waals surface area contributed by atoms with Crippen LogP contribution in [0.1, 0.15) is 65.7 Å². The second-order valence-corrected chi connectivity index (χ2v) is 5.55. The zero-order valence-corrected chi connectivity index (χ0v) is 9.40. The molecule has 0 saturated heterocycles. The predicted molar refractivity (Wildman–Crippen MR) is 56.6 cm³/mol. The van der Waals surface area contributed by atoms with Gasteiger partial charge in [0.15, 0.2) is 0 Å². The highest BCUT2D eigenvalue weighted by atomic mass is 14.8. The summed E-state index contributed by atoms with van der Waals surface area (Å²) >= 11 is 0. The van der Waals surface area contributed by atoms with Crippen molar-refractivity contribution in [3.8, 4) is 0 Å². The fraction of sp³-hybridized carbons (Fsp3) is 1.00. The third-order valence-corrected chi connectivity index (χ3v) is 3.58. The van der Waals surface area contributed by atoms with Crippen LogP contribution in [0.2, 0.25) is 0 Å². The van der Waals surface area contributed by atoms with Crippen molar-refractivity contribution in [2.45, 2.75) is 71.3 Å². The minimum absolute atomic E-state index is 0.0460. The molecule has 0 spiro atoms. The summed E-state index contributed by atoms with van der Waals surface area (Å²) in [6.07, 6.45) is 8.37. The summed E-state index contributed by atoms with van der Waals surface area (Å²) in [7, 11) is 0. The van der Waals surface area contributed by atoms with Crippen molar-refractivity contribution < 1.29 is 0 Å². The van der Waals surface area contributed by atoms with Gasteiger partial charge in [-0.1, -0.05) is 52.9 Å². The Morgan fingerprint density at radius 1 is 0.846 bits per heavy atom. The van der Waals surface area contributed by atoms with E-state index in [0.717, 1.165) is 12.8 Å². The van der Waals surface area contributed by atoms with Crippen LogP contribution in [-0.2, 0) is 0 Å². The van der Waals surface area contributed by atoms with Gasteiger partial charge in [-0.3, -0.25) is 0 Å². The molecule has 0 amide bonds. The van der Waals surface area contributed by atoms with Gasteiger partial charge in [-0.2, -0.15) is 0 Å². The van der Waals surface area contributed by atoms with E-state index in [2.05, 4.69) is 20.8 Å². The first kappa shape index (κ1) is 11.0. The Morgan fingerprint density at radius 3 is 1.62 bits per heavy atom. The van der Waals surface area contributed by atoms with Gasteiger partial charge in [0.05, 0.1) is 5.54 Å². The molecule has 0 aromatic carbocycles. The van der Waals surface area contributed by atoms with Crippen LogP contribution in [0, 0.1) is 5.41 Å². The zero-order valence-electron chi connectivity index (χ0n) is 9.40. The first-order valence-electron chi connectivity index (χ1n) is 5.68. The minimum Gasteiger partial charge on any atom is -0.137 e. The van der Waals surface area contributed by atoms with E-state index in [1.807, 2.05) is 0 Å².